The SMILES string of the molecule is Cc1nc(C)c(C(=O)N2CCC[C@H](c3noc(-c4ccccn4)n3)C2)s1. The molecule has 0 radical (unpaired) electrons. The molecule has 4 heterocycles. The van der Waals surface area contributed by atoms with Crippen molar-refractivity contribution in [2.75, 3.05) is 13.1 Å². The van der Waals surface area contributed by atoms with Crippen LogP contribution in [-0.2, 0) is 0 Å². The smallest absolute Gasteiger partial charge is 0.276 e. The highest BCUT2D eigenvalue weighted by Crippen LogP contribution is 2.29. The summed E-state index contributed by atoms with van der Waals surface area (Å²) < 4.78 is 5.37. The molecule has 134 valence electrons. The quantitative estimate of drug-likeness (QED) is 0.705. The van der Waals surface area contributed by atoms with Crippen molar-refractivity contribution in [3.8, 4) is 11.6 Å². The standard InChI is InChI=1S/C18H19N5O2S/c1-11-15(26-12(2)20-11)18(24)23-9-5-6-13(10-23)16-21-17(25-22-16)14-7-3-4-8-19-14/h3-4,7-8,13H,5-6,9-10H2,1-2H3/t13-/m0/s1. The van der Waals surface area contributed by atoms with Crippen molar-refractivity contribution >= 4 is 17.2 Å². The van der Waals surface area contributed by atoms with Crippen LogP contribution in [-0.4, -0.2) is 44.0 Å². The van der Waals surface area contributed by atoms with E-state index in [9.17, 15) is 4.79 Å². The van der Waals surface area contributed by atoms with Crippen molar-refractivity contribution in [2.45, 2.75) is 32.6 Å². The largest absolute Gasteiger partial charge is 0.337 e. The summed E-state index contributed by atoms with van der Waals surface area (Å²) in [5.74, 6) is 1.17. The first kappa shape index (κ1) is 16.8. The molecule has 0 N–H and O–H groups in total. The van der Waals surface area contributed by atoms with Gasteiger partial charge >= 0.3 is 0 Å². The topological polar surface area (TPSA) is 85.0 Å². The molecule has 1 saturated heterocycles. The van der Waals surface area contributed by atoms with Gasteiger partial charge in [0.25, 0.3) is 11.8 Å². The van der Waals surface area contributed by atoms with E-state index < -0.39 is 0 Å². The number of hydrogen-bond donors (Lipinski definition) is 0. The summed E-state index contributed by atoms with van der Waals surface area (Å²) in [6.45, 7) is 5.15. The molecular formula is C18H19N5O2S. The fourth-order valence-electron chi connectivity index (χ4n) is 3.24. The molecule has 3 aromatic rings. The Hall–Kier alpha value is -2.61. The zero-order valence-electron chi connectivity index (χ0n) is 14.7. The van der Waals surface area contributed by atoms with Gasteiger partial charge in [0.15, 0.2) is 5.82 Å². The zero-order valence-corrected chi connectivity index (χ0v) is 15.5. The molecule has 8 heteroatoms. The predicted molar refractivity (Wildman–Crippen MR) is 97.0 cm³/mol. The molecule has 1 atom stereocenters. The summed E-state index contributed by atoms with van der Waals surface area (Å²) in [6, 6.07) is 5.56. The molecule has 0 aliphatic carbocycles. The molecule has 0 bridgehead atoms. The van der Waals surface area contributed by atoms with Crippen LogP contribution in [0, 0.1) is 13.8 Å². The van der Waals surface area contributed by atoms with Gasteiger partial charge in [0.05, 0.1) is 10.7 Å². The Morgan fingerprint density at radius 2 is 2.19 bits per heavy atom. The van der Waals surface area contributed by atoms with Gasteiger partial charge in [-0.3, -0.25) is 9.78 Å². The van der Waals surface area contributed by atoms with Gasteiger partial charge in [0.2, 0.25) is 0 Å². The van der Waals surface area contributed by atoms with E-state index >= 15 is 0 Å². The van der Waals surface area contributed by atoms with Crippen molar-refractivity contribution in [3.63, 3.8) is 0 Å². The molecule has 1 amide bonds. The fraction of sp³-hybridized carbons (Fsp3) is 0.389. The van der Waals surface area contributed by atoms with Gasteiger partial charge in [-0.25, -0.2) is 4.98 Å². The Morgan fingerprint density at radius 3 is 2.92 bits per heavy atom. The zero-order chi connectivity index (χ0) is 18.1. The third-order valence-electron chi connectivity index (χ3n) is 4.50. The monoisotopic (exact) mass is 369 g/mol. The number of pyridine rings is 1. The molecule has 0 spiro atoms. The molecule has 0 saturated carbocycles. The Kier molecular flexibility index (Phi) is 4.50. The van der Waals surface area contributed by atoms with E-state index in [2.05, 4.69) is 20.1 Å². The van der Waals surface area contributed by atoms with Crippen LogP contribution >= 0.6 is 11.3 Å². The summed E-state index contributed by atoms with van der Waals surface area (Å²) in [4.78, 5) is 28.6. The van der Waals surface area contributed by atoms with Gasteiger partial charge in [-0.1, -0.05) is 11.2 Å². The van der Waals surface area contributed by atoms with Crippen LogP contribution in [0.2, 0.25) is 0 Å². The highest BCUT2D eigenvalue weighted by Gasteiger charge is 2.30. The number of likely N-dealkylation sites (tertiary alicyclic amines) is 1. The van der Waals surface area contributed by atoms with Crippen LogP contribution in [0.4, 0.5) is 0 Å². The number of thiazole rings is 1. The molecule has 3 aromatic heterocycles. The number of amides is 1. The number of rotatable bonds is 3. The molecule has 0 unspecified atom stereocenters. The van der Waals surface area contributed by atoms with Gasteiger partial charge in [-0.15, -0.1) is 11.3 Å². The van der Waals surface area contributed by atoms with Crippen LogP contribution < -0.4 is 0 Å². The number of aryl methyl sites for hydroxylation is 2. The first-order valence-electron chi connectivity index (χ1n) is 8.60. The first-order valence-corrected chi connectivity index (χ1v) is 9.42. The average molecular weight is 369 g/mol. The lowest BCUT2D eigenvalue weighted by Crippen LogP contribution is -2.39. The Bertz CT molecular complexity index is 921. The Morgan fingerprint density at radius 1 is 1.31 bits per heavy atom. The predicted octanol–water partition coefficient (Wildman–Crippen LogP) is 3.22. The molecule has 1 aliphatic rings. The van der Waals surface area contributed by atoms with E-state index in [0.29, 0.717) is 24.0 Å². The maximum atomic E-state index is 12.9. The van der Waals surface area contributed by atoms with Crippen LogP contribution in [0.1, 0.15) is 45.0 Å². The van der Waals surface area contributed by atoms with E-state index in [1.54, 1.807) is 6.20 Å². The second-order valence-electron chi connectivity index (χ2n) is 6.41. The van der Waals surface area contributed by atoms with Crippen molar-refractivity contribution < 1.29 is 9.32 Å². The summed E-state index contributed by atoms with van der Waals surface area (Å²) in [5, 5.41) is 5.05. The lowest BCUT2D eigenvalue weighted by Gasteiger charge is -2.31. The fourth-order valence-corrected chi connectivity index (χ4v) is 4.13. The lowest BCUT2D eigenvalue weighted by molar-refractivity contribution is 0.0707. The maximum absolute atomic E-state index is 12.9. The Balaban J connectivity index is 1.51. The summed E-state index contributed by atoms with van der Waals surface area (Å²) >= 11 is 1.45. The van der Waals surface area contributed by atoms with Crippen LogP contribution in [0.3, 0.4) is 0 Å². The normalized spacial score (nSPS) is 17.5. The minimum atomic E-state index is 0.0474. The summed E-state index contributed by atoms with van der Waals surface area (Å²) in [5.41, 5.74) is 1.46. The minimum absolute atomic E-state index is 0.0474. The van der Waals surface area contributed by atoms with Crippen LogP contribution in [0.5, 0.6) is 0 Å². The van der Waals surface area contributed by atoms with E-state index in [1.165, 1.54) is 11.3 Å². The Labute approximate surface area is 155 Å². The number of aromatic nitrogens is 4. The third-order valence-corrected chi connectivity index (χ3v) is 5.56. The van der Waals surface area contributed by atoms with E-state index in [0.717, 1.165) is 35.0 Å². The van der Waals surface area contributed by atoms with E-state index in [1.807, 2.05) is 36.9 Å². The van der Waals surface area contributed by atoms with Crippen molar-refractivity contribution in [3.05, 3.63) is 45.8 Å². The number of hydrogen-bond acceptors (Lipinski definition) is 7. The second-order valence-corrected chi connectivity index (χ2v) is 7.61. The molecule has 7 nitrogen and oxygen atoms in total. The maximum Gasteiger partial charge on any atom is 0.276 e. The molecule has 1 fully saturated rings. The first-order chi connectivity index (χ1) is 12.6. The third kappa shape index (κ3) is 3.24. The molecular weight excluding hydrogens is 350 g/mol. The molecule has 0 aromatic carbocycles. The number of carbonyl (C=O) groups excluding carboxylic acids is 1. The van der Waals surface area contributed by atoms with Crippen molar-refractivity contribution in [1.29, 1.82) is 0 Å². The molecule has 1 aliphatic heterocycles. The summed E-state index contributed by atoms with van der Waals surface area (Å²) in [6.07, 6.45) is 3.55. The number of piperidine rings is 1. The molecule has 4 rings (SSSR count). The summed E-state index contributed by atoms with van der Waals surface area (Å²) in [7, 11) is 0. The minimum Gasteiger partial charge on any atom is -0.337 e. The number of nitrogens with zero attached hydrogens (tertiary/aromatic N) is 5. The van der Waals surface area contributed by atoms with E-state index in [4.69, 9.17) is 4.52 Å². The van der Waals surface area contributed by atoms with Crippen molar-refractivity contribution in [2.24, 2.45) is 0 Å². The van der Waals surface area contributed by atoms with E-state index in [-0.39, 0.29) is 11.8 Å². The van der Waals surface area contributed by atoms with Gasteiger partial charge < -0.3 is 9.42 Å². The van der Waals surface area contributed by atoms with Gasteiger partial charge in [0.1, 0.15) is 10.6 Å². The second kappa shape index (κ2) is 6.95. The lowest BCUT2D eigenvalue weighted by atomic mass is 9.97. The van der Waals surface area contributed by atoms with Crippen LogP contribution in [0.25, 0.3) is 11.6 Å². The highest BCUT2D eigenvalue weighted by atomic mass is 32.1. The number of carbonyl (C=O) groups is 1. The molecule has 26 heavy (non-hydrogen) atoms. The van der Waals surface area contributed by atoms with Crippen molar-refractivity contribution in [1.82, 2.24) is 25.0 Å². The van der Waals surface area contributed by atoms with Gasteiger partial charge in [0, 0.05) is 25.2 Å². The average Bonchev–Trinajstić information content (AvgIpc) is 3.28. The van der Waals surface area contributed by atoms with Crippen LogP contribution in [0.15, 0.2) is 28.9 Å². The van der Waals surface area contributed by atoms with Gasteiger partial charge in [-0.2, -0.15) is 4.98 Å². The highest BCUT2D eigenvalue weighted by molar-refractivity contribution is 7.13. The van der Waals surface area contributed by atoms with Gasteiger partial charge in [-0.05, 0) is 38.8 Å².